The lowest BCUT2D eigenvalue weighted by molar-refractivity contribution is 0.0663. The molecule has 27 heavy (non-hydrogen) atoms. The van der Waals surface area contributed by atoms with Gasteiger partial charge in [-0.25, -0.2) is 9.59 Å². The molecule has 2 saturated heterocycles. The van der Waals surface area contributed by atoms with Crippen LogP contribution in [0.3, 0.4) is 0 Å². The van der Waals surface area contributed by atoms with Crippen LogP contribution in [0.15, 0.2) is 48.8 Å². The molecule has 2 aliphatic rings. The Balaban J connectivity index is 1.44. The van der Waals surface area contributed by atoms with Gasteiger partial charge in [0.2, 0.25) is 0 Å². The first kappa shape index (κ1) is 17.1. The molecule has 1 aromatic carbocycles. The zero-order chi connectivity index (χ0) is 18.9. The van der Waals surface area contributed by atoms with Crippen molar-refractivity contribution < 1.29 is 19.1 Å². The second-order valence-corrected chi connectivity index (χ2v) is 6.80. The van der Waals surface area contributed by atoms with Crippen molar-refractivity contribution in [1.82, 2.24) is 14.8 Å². The fourth-order valence-corrected chi connectivity index (χ4v) is 3.41. The van der Waals surface area contributed by atoms with Crippen molar-refractivity contribution in [2.24, 2.45) is 0 Å². The van der Waals surface area contributed by atoms with E-state index in [2.05, 4.69) is 10.3 Å². The van der Waals surface area contributed by atoms with E-state index in [4.69, 9.17) is 9.47 Å². The molecule has 2 aliphatic heterocycles. The Labute approximate surface area is 156 Å². The molecule has 1 spiro atoms. The zero-order valence-corrected chi connectivity index (χ0v) is 14.9. The highest BCUT2D eigenvalue weighted by Crippen LogP contribution is 2.33. The molecule has 8 nitrogen and oxygen atoms in total. The average Bonchev–Trinajstić information content (AvgIpc) is 3.20. The van der Waals surface area contributed by atoms with E-state index in [9.17, 15) is 9.59 Å². The molecule has 4 rings (SSSR count). The summed E-state index contributed by atoms with van der Waals surface area (Å²) >= 11 is 0. The lowest BCUT2D eigenvalue weighted by atomic mass is 10.0. The molecule has 3 heterocycles. The smallest absolute Gasteiger partial charge is 0.410 e. The number of nitrogens with one attached hydrogen (secondary N) is 1. The van der Waals surface area contributed by atoms with Gasteiger partial charge in [0.15, 0.2) is 11.4 Å². The Bertz CT molecular complexity index is 860. The lowest BCUT2D eigenvalue weighted by Gasteiger charge is -2.22. The molecule has 3 amide bonds. The molecule has 0 aliphatic carbocycles. The van der Waals surface area contributed by atoms with Crippen LogP contribution >= 0.6 is 0 Å². The van der Waals surface area contributed by atoms with Crippen molar-refractivity contribution in [1.29, 1.82) is 0 Å². The second kappa shape index (κ2) is 6.79. The van der Waals surface area contributed by atoms with Crippen LogP contribution < -0.4 is 10.1 Å². The Kier molecular flexibility index (Phi) is 4.31. The average molecular weight is 368 g/mol. The Morgan fingerprint density at radius 3 is 2.85 bits per heavy atom. The summed E-state index contributed by atoms with van der Waals surface area (Å²) in [5.41, 5.74) is -0.0395. The second-order valence-electron chi connectivity index (χ2n) is 6.80. The maximum Gasteiger partial charge on any atom is 0.410 e. The number of carbonyl (C=O) groups excluding carboxylic acids is 2. The summed E-state index contributed by atoms with van der Waals surface area (Å²) < 4.78 is 11.3. The molecule has 140 valence electrons. The molecular weight excluding hydrogens is 348 g/mol. The molecule has 0 unspecified atom stereocenters. The van der Waals surface area contributed by atoms with Crippen molar-refractivity contribution >= 4 is 17.8 Å². The molecule has 0 saturated carbocycles. The summed E-state index contributed by atoms with van der Waals surface area (Å²) in [6.45, 7) is 1.40. The maximum atomic E-state index is 12.7. The topological polar surface area (TPSA) is 84.0 Å². The number of likely N-dealkylation sites (N-methyl/N-ethyl adjacent to an activating group) is 1. The van der Waals surface area contributed by atoms with Crippen molar-refractivity contribution in [3.05, 3.63) is 48.8 Å². The van der Waals surface area contributed by atoms with Gasteiger partial charge in [-0.05, 0) is 24.3 Å². The number of para-hydroxylation sites is 2. The maximum absolute atomic E-state index is 12.7. The number of hydrogen-bond acceptors (Lipinski definition) is 5. The Morgan fingerprint density at radius 1 is 1.26 bits per heavy atom. The fourth-order valence-electron chi connectivity index (χ4n) is 3.41. The molecule has 1 N–H and O–H groups in total. The molecular formula is C19H20N4O4. The molecule has 1 atom stereocenters. The third kappa shape index (κ3) is 3.51. The normalized spacial score (nSPS) is 21.4. The number of likely N-dealkylation sites (tertiary alicyclic amines) is 1. The largest absolute Gasteiger partial charge is 0.454 e. The van der Waals surface area contributed by atoms with Crippen molar-refractivity contribution in [2.45, 2.75) is 12.0 Å². The van der Waals surface area contributed by atoms with Crippen LogP contribution in [0.1, 0.15) is 6.42 Å². The number of benzene rings is 1. The van der Waals surface area contributed by atoms with Gasteiger partial charge < -0.3 is 24.6 Å². The molecule has 8 heteroatoms. The predicted molar refractivity (Wildman–Crippen MR) is 97.8 cm³/mol. The highest BCUT2D eigenvalue weighted by Gasteiger charge is 2.49. The number of pyridine rings is 1. The third-order valence-electron chi connectivity index (χ3n) is 4.74. The SMILES string of the molecule is CN1C[C@]2(CCN(C(=O)Nc3ccccc3Oc3cccnc3)C2)OC1=O. The van der Waals surface area contributed by atoms with Crippen molar-refractivity contribution in [2.75, 3.05) is 32.0 Å². The number of hydrogen-bond donors (Lipinski definition) is 1. The van der Waals surface area contributed by atoms with Gasteiger partial charge in [-0.1, -0.05) is 12.1 Å². The van der Waals surface area contributed by atoms with Gasteiger partial charge in [-0.3, -0.25) is 4.98 Å². The molecule has 2 fully saturated rings. The molecule has 2 aromatic rings. The first-order valence-electron chi connectivity index (χ1n) is 8.72. The van der Waals surface area contributed by atoms with Crippen molar-refractivity contribution in [3.63, 3.8) is 0 Å². The minimum Gasteiger partial charge on any atom is -0.454 e. The fraction of sp³-hybridized carbons (Fsp3) is 0.316. The highest BCUT2D eigenvalue weighted by atomic mass is 16.6. The Hall–Kier alpha value is -3.29. The first-order valence-corrected chi connectivity index (χ1v) is 8.72. The monoisotopic (exact) mass is 368 g/mol. The van der Waals surface area contributed by atoms with Crippen LogP contribution in [-0.2, 0) is 4.74 Å². The number of anilines is 1. The lowest BCUT2D eigenvalue weighted by Crippen LogP contribution is -2.40. The van der Waals surface area contributed by atoms with E-state index < -0.39 is 5.60 Å². The van der Waals surface area contributed by atoms with Gasteiger partial charge in [0.05, 0.1) is 25.0 Å². The standard InChI is InChI=1S/C19H20N4O4/c1-22-12-19(27-18(22)25)8-10-23(13-19)17(24)21-15-6-2-3-7-16(15)26-14-5-4-9-20-11-14/h2-7,9,11H,8,10,12-13H2,1H3,(H,21,24)/t19-/m0/s1. The summed E-state index contributed by atoms with van der Waals surface area (Å²) in [6.07, 6.45) is 3.56. The van der Waals surface area contributed by atoms with E-state index in [1.54, 1.807) is 53.5 Å². The van der Waals surface area contributed by atoms with Crippen LogP contribution in [0.4, 0.5) is 15.3 Å². The molecule has 0 bridgehead atoms. The van der Waals surface area contributed by atoms with E-state index in [0.29, 0.717) is 43.2 Å². The van der Waals surface area contributed by atoms with Gasteiger partial charge in [0.25, 0.3) is 0 Å². The zero-order valence-electron chi connectivity index (χ0n) is 14.9. The van der Waals surface area contributed by atoms with Crippen LogP contribution in [0.5, 0.6) is 11.5 Å². The summed E-state index contributed by atoms with van der Waals surface area (Å²) in [5.74, 6) is 1.11. The minimum atomic E-state index is -0.602. The number of amides is 3. The van der Waals surface area contributed by atoms with Crippen LogP contribution in [0, 0.1) is 0 Å². The summed E-state index contributed by atoms with van der Waals surface area (Å²) in [7, 11) is 1.70. The van der Waals surface area contributed by atoms with Gasteiger partial charge in [-0.15, -0.1) is 0 Å². The van der Waals surface area contributed by atoms with E-state index in [0.717, 1.165) is 0 Å². The number of aromatic nitrogens is 1. The number of rotatable bonds is 3. The van der Waals surface area contributed by atoms with E-state index in [1.807, 2.05) is 12.1 Å². The van der Waals surface area contributed by atoms with Gasteiger partial charge in [0.1, 0.15) is 5.75 Å². The van der Waals surface area contributed by atoms with Crippen LogP contribution in [0.2, 0.25) is 0 Å². The number of urea groups is 1. The minimum absolute atomic E-state index is 0.250. The third-order valence-corrected chi connectivity index (χ3v) is 4.74. The van der Waals surface area contributed by atoms with Crippen LogP contribution in [-0.4, -0.2) is 59.2 Å². The van der Waals surface area contributed by atoms with E-state index in [1.165, 1.54) is 0 Å². The molecule has 0 radical (unpaired) electrons. The summed E-state index contributed by atoms with van der Waals surface area (Å²) in [4.78, 5) is 31.6. The number of ether oxygens (including phenoxy) is 2. The van der Waals surface area contributed by atoms with Gasteiger partial charge in [-0.2, -0.15) is 0 Å². The summed E-state index contributed by atoms with van der Waals surface area (Å²) in [6, 6.07) is 10.5. The van der Waals surface area contributed by atoms with Crippen molar-refractivity contribution in [3.8, 4) is 11.5 Å². The first-order chi connectivity index (χ1) is 13.0. The number of nitrogens with zero attached hydrogens (tertiary/aromatic N) is 3. The quantitative estimate of drug-likeness (QED) is 0.900. The number of carbonyl (C=O) groups is 2. The van der Waals surface area contributed by atoms with Crippen LogP contribution in [0.25, 0.3) is 0 Å². The summed E-state index contributed by atoms with van der Waals surface area (Å²) in [5, 5.41) is 2.89. The highest BCUT2D eigenvalue weighted by molar-refractivity contribution is 5.91. The predicted octanol–water partition coefficient (Wildman–Crippen LogP) is 2.93. The van der Waals surface area contributed by atoms with Gasteiger partial charge in [0, 0.05) is 26.2 Å². The van der Waals surface area contributed by atoms with E-state index in [-0.39, 0.29) is 12.1 Å². The van der Waals surface area contributed by atoms with Gasteiger partial charge >= 0.3 is 12.1 Å². The van der Waals surface area contributed by atoms with E-state index >= 15 is 0 Å². The molecule has 1 aromatic heterocycles. The Morgan fingerprint density at radius 2 is 2.11 bits per heavy atom.